The smallest absolute Gasteiger partial charge is 0.0781 e. The molecule has 2 rings (SSSR count). The number of piperidine rings is 1. The summed E-state index contributed by atoms with van der Waals surface area (Å²) in [4.78, 5) is 2.39. The highest BCUT2D eigenvalue weighted by Gasteiger charge is 2.16. The predicted octanol–water partition coefficient (Wildman–Crippen LogP) is 2.49. The van der Waals surface area contributed by atoms with Crippen LogP contribution in [-0.2, 0) is 0 Å². The van der Waals surface area contributed by atoms with Crippen LogP contribution in [0.4, 0.5) is 5.69 Å². The maximum Gasteiger partial charge on any atom is 0.0781 e. The summed E-state index contributed by atoms with van der Waals surface area (Å²) in [6.45, 7) is 5.22. The maximum atomic E-state index is 9.73. The number of likely N-dealkylation sites (tertiary alicyclic amines) is 1. The molecule has 1 atom stereocenters. The minimum absolute atomic E-state index is 0.411. The van der Waals surface area contributed by atoms with Crippen molar-refractivity contribution in [1.29, 1.82) is 0 Å². The number of rotatable bonds is 4. The molecule has 1 unspecified atom stereocenters. The van der Waals surface area contributed by atoms with Gasteiger partial charge in [-0.2, -0.15) is 0 Å². The molecule has 0 aromatic heterocycles. The Morgan fingerprint density at radius 3 is 2.67 bits per heavy atom. The first-order valence-electron chi connectivity index (χ1n) is 6.86. The van der Waals surface area contributed by atoms with Gasteiger partial charge in [-0.25, -0.2) is 0 Å². The molecule has 1 aromatic rings. The standard InChI is InChI=1S/C15H24N2O/c1-12(18)14-5-3-4-6-15(14)16-11-13-7-9-17(2)10-8-13/h3-6,12-13,16,18H,7-11H2,1-2H3. The van der Waals surface area contributed by atoms with E-state index in [4.69, 9.17) is 0 Å². The normalized spacial score (nSPS) is 19.7. The van der Waals surface area contributed by atoms with Crippen molar-refractivity contribution >= 4 is 5.69 Å². The molecule has 1 heterocycles. The predicted molar refractivity (Wildman–Crippen MR) is 75.8 cm³/mol. The first kappa shape index (κ1) is 13.4. The van der Waals surface area contributed by atoms with Gasteiger partial charge in [0.05, 0.1) is 6.10 Å². The highest BCUT2D eigenvalue weighted by Crippen LogP contribution is 2.23. The summed E-state index contributed by atoms with van der Waals surface area (Å²) in [5.41, 5.74) is 2.07. The van der Waals surface area contributed by atoms with E-state index in [2.05, 4.69) is 23.3 Å². The number of hydrogen-bond acceptors (Lipinski definition) is 3. The van der Waals surface area contributed by atoms with Gasteiger partial charge in [-0.1, -0.05) is 18.2 Å². The molecule has 1 aliphatic heterocycles. The van der Waals surface area contributed by atoms with E-state index < -0.39 is 6.10 Å². The fraction of sp³-hybridized carbons (Fsp3) is 0.600. The van der Waals surface area contributed by atoms with Gasteiger partial charge in [-0.3, -0.25) is 0 Å². The van der Waals surface area contributed by atoms with Gasteiger partial charge in [-0.05, 0) is 51.9 Å². The molecule has 0 saturated carbocycles. The Labute approximate surface area is 110 Å². The van der Waals surface area contributed by atoms with Crippen LogP contribution < -0.4 is 5.32 Å². The Morgan fingerprint density at radius 1 is 1.33 bits per heavy atom. The second-order valence-corrected chi connectivity index (χ2v) is 5.39. The summed E-state index contributed by atoms with van der Waals surface area (Å²) in [5, 5.41) is 13.2. The van der Waals surface area contributed by atoms with Crippen LogP contribution in [0.2, 0.25) is 0 Å². The van der Waals surface area contributed by atoms with Crippen LogP contribution in [0.15, 0.2) is 24.3 Å². The molecular weight excluding hydrogens is 224 g/mol. The largest absolute Gasteiger partial charge is 0.389 e. The van der Waals surface area contributed by atoms with Gasteiger partial charge in [0.2, 0.25) is 0 Å². The third-order valence-corrected chi connectivity index (χ3v) is 3.83. The van der Waals surface area contributed by atoms with Crippen LogP contribution >= 0.6 is 0 Å². The Kier molecular flexibility index (Phi) is 4.61. The molecular formula is C15H24N2O. The molecule has 0 bridgehead atoms. The average Bonchev–Trinajstić information content (AvgIpc) is 2.38. The van der Waals surface area contributed by atoms with E-state index >= 15 is 0 Å². The van der Waals surface area contributed by atoms with Crippen LogP contribution in [0.25, 0.3) is 0 Å². The molecule has 0 spiro atoms. The number of hydrogen-bond donors (Lipinski definition) is 2. The van der Waals surface area contributed by atoms with E-state index in [0.717, 1.165) is 23.7 Å². The highest BCUT2D eigenvalue weighted by atomic mass is 16.3. The van der Waals surface area contributed by atoms with E-state index in [1.165, 1.54) is 25.9 Å². The molecule has 100 valence electrons. The van der Waals surface area contributed by atoms with Gasteiger partial charge in [0.1, 0.15) is 0 Å². The number of aliphatic hydroxyl groups is 1. The highest BCUT2D eigenvalue weighted by molar-refractivity contribution is 5.52. The van der Waals surface area contributed by atoms with Gasteiger partial charge in [-0.15, -0.1) is 0 Å². The van der Waals surface area contributed by atoms with Gasteiger partial charge in [0.25, 0.3) is 0 Å². The number of benzene rings is 1. The summed E-state index contributed by atoms with van der Waals surface area (Å²) >= 11 is 0. The molecule has 18 heavy (non-hydrogen) atoms. The summed E-state index contributed by atoms with van der Waals surface area (Å²) in [6, 6.07) is 8.03. The molecule has 0 amide bonds. The number of nitrogens with one attached hydrogen (secondary N) is 1. The molecule has 1 saturated heterocycles. The van der Waals surface area contributed by atoms with Gasteiger partial charge in [0.15, 0.2) is 0 Å². The number of para-hydroxylation sites is 1. The summed E-state index contributed by atoms with van der Waals surface area (Å²) in [6.07, 6.45) is 2.12. The SMILES string of the molecule is CC(O)c1ccccc1NCC1CCN(C)CC1. The Hall–Kier alpha value is -1.06. The van der Waals surface area contributed by atoms with E-state index in [1.54, 1.807) is 0 Å². The molecule has 1 fully saturated rings. The number of aliphatic hydroxyl groups excluding tert-OH is 1. The Balaban J connectivity index is 1.90. The van der Waals surface area contributed by atoms with Crippen molar-refractivity contribution < 1.29 is 5.11 Å². The van der Waals surface area contributed by atoms with Gasteiger partial charge in [0, 0.05) is 17.8 Å². The lowest BCUT2D eigenvalue weighted by Gasteiger charge is -2.29. The molecule has 3 heteroatoms. The zero-order valence-corrected chi connectivity index (χ0v) is 11.4. The second-order valence-electron chi connectivity index (χ2n) is 5.39. The molecule has 0 radical (unpaired) electrons. The topological polar surface area (TPSA) is 35.5 Å². The van der Waals surface area contributed by atoms with E-state index in [-0.39, 0.29) is 0 Å². The zero-order valence-electron chi connectivity index (χ0n) is 11.4. The van der Waals surface area contributed by atoms with Crippen molar-refractivity contribution in [1.82, 2.24) is 4.90 Å². The van der Waals surface area contributed by atoms with Crippen molar-refractivity contribution in [2.24, 2.45) is 5.92 Å². The van der Waals surface area contributed by atoms with Gasteiger partial charge >= 0.3 is 0 Å². The lowest BCUT2D eigenvalue weighted by molar-refractivity contribution is 0.199. The minimum Gasteiger partial charge on any atom is -0.389 e. The third kappa shape index (κ3) is 3.47. The van der Waals surface area contributed by atoms with Crippen molar-refractivity contribution in [2.75, 3.05) is 32.0 Å². The summed E-state index contributed by atoms with van der Waals surface area (Å²) in [7, 11) is 2.19. The average molecular weight is 248 g/mol. The third-order valence-electron chi connectivity index (χ3n) is 3.83. The van der Waals surface area contributed by atoms with Crippen LogP contribution in [0, 0.1) is 5.92 Å². The second kappa shape index (κ2) is 6.21. The summed E-state index contributed by atoms with van der Waals surface area (Å²) in [5.74, 6) is 0.753. The van der Waals surface area contributed by atoms with E-state index in [9.17, 15) is 5.11 Å². The van der Waals surface area contributed by atoms with E-state index in [0.29, 0.717) is 0 Å². The Morgan fingerprint density at radius 2 is 2.00 bits per heavy atom. The monoisotopic (exact) mass is 248 g/mol. The fourth-order valence-corrected chi connectivity index (χ4v) is 2.54. The lowest BCUT2D eigenvalue weighted by Crippen LogP contribution is -2.33. The van der Waals surface area contributed by atoms with Crippen LogP contribution in [0.3, 0.4) is 0 Å². The fourth-order valence-electron chi connectivity index (χ4n) is 2.54. The van der Waals surface area contributed by atoms with Crippen molar-refractivity contribution in [2.45, 2.75) is 25.9 Å². The maximum absolute atomic E-state index is 9.73. The van der Waals surface area contributed by atoms with Crippen LogP contribution in [0.5, 0.6) is 0 Å². The van der Waals surface area contributed by atoms with Gasteiger partial charge < -0.3 is 15.3 Å². The molecule has 1 aromatic carbocycles. The van der Waals surface area contributed by atoms with Crippen molar-refractivity contribution in [3.8, 4) is 0 Å². The summed E-state index contributed by atoms with van der Waals surface area (Å²) < 4.78 is 0. The number of anilines is 1. The zero-order chi connectivity index (χ0) is 13.0. The van der Waals surface area contributed by atoms with Crippen LogP contribution in [0.1, 0.15) is 31.4 Å². The first-order valence-corrected chi connectivity index (χ1v) is 6.86. The van der Waals surface area contributed by atoms with Crippen molar-refractivity contribution in [3.63, 3.8) is 0 Å². The first-order chi connectivity index (χ1) is 8.66. The van der Waals surface area contributed by atoms with Crippen molar-refractivity contribution in [3.05, 3.63) is 29.8 Å². The molecule has 3 nitrogen and oxygen atoms in total. The lowest BCUT2D eigenvalue weighted by atomic mass is 9.97. The Bertz CT molecular complexity index is 371. The molecule has 0 aliphatic carbocycles. The van der Waals surface area contributed by atoms with Crippen LogP contribution in [-0.4, -0.2) is 36.7 Å². The van der Waals surface area contributed by atoms with E-state index in [1.807, 2.05) is 25.1 Å². The number of nitrogens with zero attached hydrogens (tertiary/aromatic N) is 1. The minimum atomic E-state index is -0.411. The molecule has 2 N–H and O–H groups in total. The quantitative estimate of drug-likeness (QED) is 0.859. The molecule has 1 aliphatic rings.